The lowest BCUT2D eigenvalue weighted by Gasteiger charge is -2.39. The van der Waals surface area contributed by atoms with Gasteiger partial charge in [0.1, 0.15) is 11.2 Å². The Kier molecular flexibility index (Phi) is 6.31. The normalized spacial score (nSPS) is 23.7. The molecule has 1 amide bonds. The number of piperidine rings is 1. The van der Waals surface area contributed by atoms with Crippen LogP contribution in [0.25, 0.3) is 0 Å². The molecular formula is C20H29N3O4. The molecule has 0 radical (unpaired) electrons. The van der Waals surface area contributed by atoms with Gasteiger partial charge in [0.05, 0.1) is 12.2 Å². The molecule has 3 heterocycles. The Morgan fingerprint density at radius 2 is 1.89 bits per heavy atom. The van der Waals surface area contributed by atoms with Gasteiger partial charge in [0.25, 0.3) is 5.91 Å². The van der Waals surface area contributed by atoms with Gasteiger partial charge in [-0.25, -0.2) is 4.98 Å². The number of hydrogen-bond donors (Lipinski definition) is 1. The molecule has 2 fully saturated rings. The number of carboxylic acids is 1. The Bertz CT molecular complexity index is 652. The molecule has 1 aromatic heterocycles. The molecule has 3 rings (SSSR count). The predicted molar refractivity (Wildman–Crippen MR) is 102 cm³/mol. The van der Waals surface area contributed by atoms with Crippen molar-refractivity contribution in [2.45, 2.75) is 38.5 Å². The largest absolute Gasteiger partial charge is 0.481 e. The first-order valence-corrected chi connectivity index (χ1v) is 9.78. The topological polar surface area (TPSA) is 83.0 Å². The Morgan fingerprint density at radius 1 is 1.15 bits per heavy atom. The SMILES string of the molecule is COCC1(C(=O)O)CCCN(C(=O)c2ccc(N3CCCCCC3)nc2)C1. The van der Waals surface area contributed by atoms with Crippen molar-refractivity contribution in [1.29, 1.82) is 0 Å². The second-order valence-corrected chi connectivity index (χ2v) is 7.66. The van der Waals surface area contributed by atoms with Crippen LogP contribution < -0.4 is 4.90 Å². The number of ether oxygens (including phenoxy) is 1. The average Bonchev–Trinajstić information content (AvgIpc) is 2.97. The van der Waals surface area contributed by atoms with E-state index in [1.54, 1.807) is 11.1 Å². The van der Waals surface area contributed by atoms with E-state index in [1.807, 2.05) is 12.1 Å². The maximum atomic E-state index is 12.9. The first kappa shape index (κ1) is 19.6. The third-order valence-corrected chi connectivity index (χ3v) is 5.66. The number of amides is 1. The molecule has 148 valence electrons. The Balaban J connectivity index is 1.70. The number of carbonyl (C=O) groups is 2. The molecule has 1 aromatic rings. The lowest BCUT2D eigenvalue weighted by Crippen LogP contribution is -2.52. The number of methoxy groups -OCH3 is 1. The number of aliphatic carboxylic acids is 1. The summed E-state index contributed by atoms with van der Waals surface area (Å²) in [6.45, 7) is 2.85. The van der Waals surface area contributed by atoms with E-state index in [0.717, 1.165) is 18.9 Å². The Labute approximate surface area is 160 Å². The molecule has 7 nitrogen and oxygen atoms in total. The highest BCUT2D eigenvalue weighted by Gasteiger charge is 2.44. The zero-order valence-electron chi connectivity index (χ0n) is 16.0. The van der Waals surface area contributed by atoms with E-state index in [4.69, 9.17) is 4.74 Å². The molecule has 7 heteroatoms. The monoisotopic (exact) mass is 375 g/mol. The predicted octanol–water partition coefficient (Wildman–Crippen LogP) is 2.42. The molecule has 2 aliphatic rings. The van der Waals surface area contributed by atoms with Crippen molar-refractivity contribution in [1.82, 2.24) is 9.88 Å². The molecule has 1 atom stereocenters. The van der Waals surface area contributed by atoms with Crippen LogP contribution in [0, 0.1) is 5.41 Å². The number of hydrogen-bond acceptors (Lipinski definition) is 5. The fourth-order valence-electron chi connectivity index (χ4n) is 4.12. The molecule has 0 saturated carbocycles. The summed E-state index contributed by atoms with van der Waals surface area (Å²) in [7, 11) is 1.50. The van der Waals surface area contributed by atoms with Crippen molar-refractivity contribution in [2.24, 2.45) is 5.41 Å². The van der Waals surface area contributed by atoms with Gasteiger partial charge in [-0.2, -0.15) is 0 Å². The first-order chi connectivity index (χ1) is 13.1. The summed E-state index contributed by atoms with van der Waals surface area (Å²) in [5.74, 6) is -0.158. The minimum Gasteiger partial charge on any atom is -0.481 e. The summed E-state index contributed by atoms with van der Waals surface area (Å²) in [4.78, 5) is 33.1. The van der Waals surface area contributed by atoms with Crippen LogP contribution in [-0.4, -0.2) is 66.8 Å². The van der Waals surface area contributed by atoms with Crippen molar-refractivity contribution in [3.05, 3.63) is 23.9 Å². The standard InChI is InChI=1S/C20H29N3O4/c1-27-15-20(19(25)26)9-6-12-23(14-20)18(24)16-7-8-17(21-13-16)22-10-4-2-3-5-11-22/h7-8,13H,2-6,9-12,14-15H2,1H3,(H,25,26). The fraction of sp³-hybridized carbons (Fsp3) is 0.650. The van der Waals surface area contributed by atoms with Crippen molar-refractivity contribution >= 4 is 17.7 Å². The summed E-state index contributed by atoms with van der Waals surface area (Å²) < 4.78 is 5.14. The van der Waals surface area contributed by atoms with E-state index in [0.29, 0.717) is 24.9 Å². The zero-order valence-corrected chi connectivity index (χ0v) is 16.0. The van der Waals surface area contributed by atoms with Gasteiger partial charge in [-0.15, -0.1) is 0 Å². The third kappa shape index (κ3) is 4.40. The minimum atomic E-state index is -1.03. The van der Waals surface area contributed by atoms with Crippen LogP contribution in [0.2, 0.25) is 0 Å². The third-order valence-electron chi connectivity index (χ3n) is 5.66. The lowest BCUT2D eigenvalue weighted by molar-refractivity contribution is -0.155. The summed E-state index contributed by atoms with van der Waals surface area (Å²) in [5, 5.41) is 9.66. The van der Waals surface area contributed by atoms with Crippen LogP contribution in [0.3, 0.4) is 0 Å². The van der Waals surface area contributed by atoms with Crippen LogP contribution in [0.15, 0.2) is 18.3 Å². The van der Waals surface area contributed by atoms with Crippen LogP contribution in [0.4, 0.5) is 5.82 Å². The molecule has 0 bridgehead atoms. The highest BCUT2D eigenvalue weighted by molar-refractivity contribution is 5.94. The van der Waals surface area contributed by atoms with Gasteiger partial charge in [0, 0.05) is 39.5 Å². The molecule has 0 aromatic carbocycles. The van der Waals surface area contributed by atoms with Crippen molar-refractivity contribution < 1.29 is 19.4 Å². The van der Waals surface area contributed by atoms with Gasteiger partial charge in [0.15, 0.2) is 0 Å². The fourth-order valence-corrected chi connectivity index (χ4v) is 4.12. The van der Waals surface area contributed by atoms with Gasteiger partial charge in [-0.3, -0.25) is 9.59 Å². The van der Waals surface area contributed by atoms with Gasteiger partial charge >= 0.3 is 5.97 Å². The van der Waals surface area contributed by atoms with Gasteiger partial charge in [0.2, 0.25) is 0 Å². The highest BCUT2D eigenvalue weighted by atomic mass is 16.5. The zero-order chi connectivity index (χ0) is 19.3. The van der Waals surface area contributed by atoms with Crippen LogP contribution in [-0.2, 0) is 9.53 Å². The maximum absolute atomic E-state index is 12.9. The van der Waals surface area contributed by atoms with E-state index in [2.05, 4.69) is 9.88 Å². The summed E-state index contributed by atoms with van der Waals surface area (Å²) in [6.07, 6.45) is 7.66. The van der Waals surface area contributed by atoms with Crippen LogP contribution >= 0.6 is 0 Å². The highest BCUT2D eigenvalue weighted by Crippen LogP contribution is 2.31. The molecule has 0 spiro atoms. The number of aromatic nitrogens is 1. The summed E-state index contributed by atoms with van der Waals surface area (Å²) >= 11 is 0. The molecule has 2 saturated heterocycles. The van der Waals surface area contributed by atoms with Crippen LogP contribution in [0.5, 0.6) is 0 Å². The number of likely N-dealkylation sites (tertiary alicyclic amines) is 1. The van der Waals surface area contributed by atoms with Crippen LogP contribution in [0.1, 0.15) is 48.9 Å². The van der Waals surface area contributed by atoms with Crippen molar-refractivity contribution in [3.8, 4) is 0 Å². The molecule has 1 unspecified atom stereocenters. The van der Waals surface area contributed by atoms with Gasteiger partial charge < -0.3 is 19.6 Å². The lowest BCUT2D eigenvalue weighted by atomic mass is 9.80. The van der Waals surface area contributed by atoms with E-state index >= 15 is 0 Å². The summed E-state index contributed by atoms with van der Waals surface area (Å²) in [5.41, 5.74) is -0.519. The molecule has 1 N–H and O–H groups in total. The van der Waals surface area contributed by atoms with Gasteiger partial charge in [-0.05, 0) is 37.8 Å². The average molecular weight is 375 g/mol. The Hall–Kier alpha value is -2.15. The number of anilines is 1. The maximum Gasteiger partial charge on any atom is 0.313 e. The van der Waals surface area contributed by atoms with Gasteiger partial charge in [-0.1, -0.05) is 12.8 Å². The quantitative estimate of drug-likeness (QED) is 0.851. The van der Waals surface area contributed by atoms with E-state index in [9.17, 15) is 14.7 Å². The van der Waals surface area contributed by atoms with E-state index in [-0.39, 0.29) is 19.1 Å². The summed E-state index contributed by atoms with van der Waals surface area (Å²) in [6, 6.07) is 3.71. The smallest absolute Gasteiger partial charge is 0.313 e. The second-order valence-electron chi connectivity index (χ2n) is 7.66. The van der Waals surface area contributed by atoms with E-state index < -0.39 is 11.4 Å². The number of pyridine rings is 1. The van der Waals surface area contributed by atoms with E-state index in [1.165, 1.54) is 32.8 Å². The van der Waals surface area contributed by atoms with Crippen molar-refractivity contribution in [3.63, 3.8) is 0 Å². The van der Waals surface area contributed by atoms with Crippen molar-refractivity contribution in [2.75, 3.05) is 44.8 Å². The number of rotatable bonds is 5. The molecule has 0 aliphatic carbocycles. The Morgan fingerprint density at radius 3 is 2.48 bits per heavy atom. The second kappa shape index (κ2) is 8.69. The first-order valence-electron chi connectivity index (χ1n) is 9.78. The molecular weight excluding hydrogens is 346 g/mol. The number of carboxylic acid groups (broad SMARTS) is 1. The minimum absolute atomic E-state index is 0.109. The molecule has 27 heavy (non-hydrogen) atoms. The molecule has 2 aliphatic heterocycles. The number of nitrogens with zero attached hydrogens (tertiary/aromatic N) is 3. The number of carbonyl (C=O) groups excluding carboxylic acids is 1.